The highest BCUT2D eigenvalue weighted by molar-refractivity contribution is 7.58. The predicted molar refractivity (Wildman–Crippen MR) is 103 cm³/mol. The largest absolute Gasteiger partial charge is 0.497 e. The van der Waals surface area contributed by atoms with Gasteiger partial charge >= 0.3 is 0 Å². The third-order valence-electron chi connectivity index (χ3n) is 5.03. The van der Waals surface area contributed by atoms with Crippen molar-refractivity contribution in [2.45, 2.75) is 69.1 Å². The number of aliphatic hydroxyl groups excluding tert-OH is 1. The number of rotatable bonds is 3. The van der Waals surface area contributed by atoms with E-state index in [1.807, 2.05) is 30.3 Å². The van der Waals surface area contributed by atoms with Gasteiger partial charge in [-0.15, -0.1) is 7.92 Å². The lowest BCUT2D eigenvalue weighted by molar-refractivity contribution is 0.399. The van der Waals surface area contributed by atoms with E-state index in [1.165, 1.54) is 32.1 Å². The summed E-state index contributed by atoms with van der Waals surface area (Å²) in [7, 11) is 3.06. The van der Waals surface area contributed by atoms with Crippen LogP contribution >= 0.6 is 7.92 Å². The molecule has 0 saturated heterocycles. The fourth-order valence-corrected chi connectivity index (χ4v) is 6.61. The van der Waals surface area contributed by atoms with E-state index in [0.29, 0.717) is 7.92 Å². The van der Waals surface area contributed by atoms with Gasteiger partial charge in [-0.3, -0.25) is 0 Å². The van der Waals surface area contributed by atoms with Crippen LogP contribution in [0.3, 0.4) is 0 Å². The fourth-order valence-electron chi connectivity index (χ4n) is 3.65. The van der Waals surface area contributed by atoms with Crippen molar-refractivity contribution in [1.82, 2.24) is 0 Å². The molecule has 132 valence electrons. The first-order valence-corrected chi connectivity index (χ1v) is 11.0. The van der Waals surface area contributed by atoms with Gasteiger partial charge in [0.2, 0.25) is 0 Å². The summed E-state index contributed by atoms with van der Waals surface area (Å²) in [4.78, 5) is 0. The summed E-state index contributed by atoms with van der Waals surface area (Å²) < 4.78 is 4.91. The Morgan fingerprint density at radius 1 is 0.826 bits per heavy atom. The molecule has 2 nitrogen and oxygen atoms in total. The van der Waals surface area contributed by atoms with Gasteiger partial charge in [-0.05, 0) is 55.8 Å². The van der Waals surface area contributed by atoms with Gasteiger partial charge in [0.1, 0.15) is 5.75 Å². The van der Waals surface area contributed by atoms with Crippen LogP contribution in [0.15, 0.2) is 30.3 Å². The molecule has 0 amide bonds. The Labute approximate surface area is 144 Å². The lowest BCUT2D eigenvalue weighted by Gasteiger charge is -2.32. The Morgan fingerprint density at radius 2 is 1.26 bits per heavy atom. The van der Waals surface area contributed by atoms with Crippen molar-refractivity contribution in [3.8, 4) is 5.75 Å². The molecule has 1 atom stereocenters. The molecule has 2 aliphatic rings. The molecule has 2 aliphatic carbocycles. The minimum Gasteiger partial charge on any atom is -0.497 e. The second-order valence-corrected chi connectivity index (χ2v) is 9.20. The molecule has 1 unspecified atom stereocenters. The summed E-state index contributed by atoms with van der Waals surface area (Å²) in [6.07, 6.45) is 13.9. The van der Waals surface area contributed by atoms with Crippen LogP contribution in [0.25, 0.3) is 0 Å². The lowest BCUT2D eigenvalue weighted by Crippen LogP contribution is -2.15. The van der Waals surface area contributed by atoms with Gasteiger partial charge in [0.25, 0.3) is 0 Å². The minimum atomic E-state index is 0.400. The Morgan fingerprint density at radius 3 is 1.65 bits per heavy atom. The summed E-state index contributed by atoms with van der Waals surface area (Å²) in [6, 6.07) is 9.68. The fraction of sp³-hybridized carbons (Fsp3) is 0.700. The highest BCUT2D eigenvalue weighted by atomic mass is 31.1. The van der Waals surface area contributed by atoms with Crippen LogP contribution in [0.4, 0.5) is 0 Å². The molecular weight excluding hydrogens is 303 g/mol. The number of hydrogen-bond donors (Lipinski definition) is 1. The van der Waals surface area contributed by atoms with E-state index in [2.05, 4.69) is 6.66 Å². The Kier molecular flexibility index (Phi) is 11.4. The predicted octanol–water partition coefficient (Wildman–Crippen LogP) is 5.68. The molecule has 2 saturated carbocycles. The maximum absolute atomic E-state index is 7.00. The van der Waals surface area contributed by atoms with Crippen molar-refractivity contribution in [2.24, 2.45) is 0 Å². The topological polar surface area (TPSA) is 29.5 Å². The zero-order valence-electron chi connectivity index (χ0n) is 15.2. The first-order chi connectivity index (χ1) is 11.3. The summed E-state index contributed by atoms with van der Waals surface area (Å²) in [5.74, 6) is 0.910. The third kappa shape index (κ3) is 7.68. The molecule has 0 bridgehead atoms. The normalized spacial score (nSPS) is 19.8. The van der Waals surface area contributed by atoms with Gasteiger partial charge in [0.05, 0.1) is 7.11 Å². The highest BCUT2D eigenvalue weighted by Gasteiger charge is 2.28. The van der Waals surface area contributed by atoms with Crippen LogP contribution in [0, 0.1) is 0 Å². The molecule has 1 aromatic carbocycles. The zero-order chi connectivity index (χ0) is 16.9. The molecule has 3 rings (SSSR count). The molecule has 1 aromatic rings. The summed E-state index contributed by atoms with van der Waals surface area (Å²) in [6.45, 7) is 2.60. The van der Waals surface area contributed by atoms with E-state index < -0.39 is 0 Å². The van der Waals surface area contributed by atoms with Crippen LogP contribution in [-0.2, 0) is 0 Å². The van der Waals surface area contributed by atoms with Gasteiger partial charge in [-0.1, -0.05) is 50.3 Å². The molecule has 0 spiro atoms. The number of methoxy groups -OCH3 is 1. The molecule has 2 fully saturated rings. The second kappa shape index (κ2) is 12.8. The molecule has 23 heavy (non-hydrogen) atoms. The van der Waals surface area contributed by atoms with Crippen LogP contribution in [0.5, 0.6) is 5.75 Å². The van der Waals surface area contributed by atoms with E-state index >= 15 is 0 Å². The van der Waals surface area contributed by atoms with Gasteiger partial charge in [0.15, 0.2) is 0 Å². The average Bonchev–Trinajstić information content (AvgIpc) is 3.19. The maximum atomic E-state index is 7.00. The molecule has 0 radical (unpaired) electrons. The summed E-state index contributed by atoms with van der Waals surface area (Å²) in [5, 5.41) is 7.00. The standard InChI is InChI=1S/C12H23P.C7H8O.CH4O/c1-13(12-9-5-6-10-12)11-7-3-2-4-8-11;1-8-7-5-3-2-4-6-7;1-2/h11-12H,2-10H2,1H3;2-6H,1H3;2H,1H3. The Balaban J connectivity index is 0.000000228. The van der Waals surface area contributed by atoms with Crippen molar-refractivity contribution >= 4 is 7.92 Å². The molecule has 0 heterocycles. The van der Waals surface area contributed by atoms with Crippen LogP contribution in [0.1, 0.15) is 57.8 Å². The van der Waals surface area contributed by atoms with Crippen LogP contribution < -0.4 is 4.74 Å². The van der Waals surface area contributed by atoms with Gasteiger partial charge in [-0.25, -0.2) is 0 Å². The maximum Gasteiger partial charge on any atom is 0.118 e. The average molecular weight is 338 g/mol. The molecule has 0 aromatic heterocycles. The van der Waals surface area contributed by atoms with Crippen molar-refractivity contribution in [1.29, 1.82) is 0 Å². The minimum absolute atomic E-state index is 0.400. The number of ether oxygens (including phenoxy) is 1. The Hall–Kier alpha value is -0.590. The Bertz CT molecular complexity index is 370. The van der Waals surface area contributed by atoms with Crippen molar-refractivity contribution in [3.63, 3.8) is 0 Å². The summed E-state index contributed by atoms with van der Waals surface area (Å²) >= 11 is 0. The van der Waals surface area contributed by atoms with E-state index in [9.17, 15) is 0 Å². The van der Waals surface area contributed by atoms with E-state index in [4.69, 9.17) is 9.84 Å². The second-order valence-electron chi connectivity index (χ2n) is 6.41. The van der Waals surface area contributed by atoms with Crippen LogP contribution in [-0.4, -0.2) is 37.3 Å². The van der Waals surface area contributed by atoms with E-state index in [1.54, 1.807) is 32.8 Å². The highest BCUT2D eigenvalue weighted by Crippen LogP contribution is 2.53. The molecular formula is C20H35O2P. The monoisotopic (exact) mass is 338 g/mol. The smallest absolute Gasteiger partial charge is 0.118 e. The zero-order valence-corrected chi connectivity index (χ0v) is 16.1. The van der Waals surface area contributed by atoms with Gasteiger partial charge < -0.3 is 9.84 Å². The van der Waals surface area contributed by atoms with Gasteiger partial charge in [-0.2, -0.15) is 0 Å². The van der Waals surface area contributed by atoms with Crippen molar-refractivity contribution in [2.75, 3.05) is 20.9 Å². The summed E-state index contributed by atoms with van der Waals surface area (Å²) in [5.41, 5.74) is 2.32. The number of para-hydroxylation sites is 1. The van der Waals surface area contributed by atoms with E-state index in [-0.39, 0.29) is 0 Å². The first-order valence-electron chi connectivity index (χ1n) is 9.07. The van der Waals surface area contributed by atoms with Crippen LogP contribution in [0.2, 0.25) is 0 Å². The SMILES string of the molecule is CO.COc1ccccc1.CP(C1CCCCC1)C1CCCC1. The third-order valence-corrected chi connectivity index (χ3v) is 8.37. The molecule has 1 N–H and O–H groups in total. The quantitative estimate of drug-likeness (QED) is 0.719. The number of hydrogen-bond acceptors (Lipinski definition) is 2. The first kappa shape index (κ1) is 20.5. The van der Waals surface area contributed by atoms with Crippen molar-refractivity contribution < 1.29 is 9.84 Å². The van der Waals surface area contributed by atoms with Crippen molar-refractivity contribution in [3.05, 3.63) is 30.3 Å². The number of benzene rings is 1. The number of aliphatic hydroxyl groups is 1. The van der Waals surface area contributed by atoms with E-state index in [0.717, 1.165) is 24.2 Å². The van der Waals surface area contributed by atoms with Gasteiger partial charge in [0, 0.05) is 7.11 Å². The molecule has 0 aliphatic heterocycles. The lowest BCUT2D eigenvalue weighted by atomic mass is 10.0. The molecule has 3 heteroatoms.